The molecule has 0 aromatic heterocycles. The molecule has 1 aromatic rings. The molecule has 1 saturated heterocycles. The van der Waals surface area contributed by atoms with Gasteiger partial charge in [0.25, 0.3) is 5.91 Å². The summed E-state index contributed by atoms with van der Waals surface area (Å²) in [7, 11) is -3.08. The van der Waals surface area contributed by atoms with Gasteiger partial charge in [0.05, 0.1) is 6.26 Å². The molecule has 2 aliphatic rings. The van der Waals surface area contributed by atoms with Crippen LogP contribution in [0.15, 0.2) is 24.3 Å². The molecular weight excluding hydrogens is 314 g/mol. The molecule has 1 heterocycles. The van der Waals surface area contributed by atoms with Crippen molar-refractivity contribution in [2.75, 3.05) is 32.4 Å². The smallest absolute Gasteiger partial charge is 0.251 e. The zero-order valence-electron chi connectivity index (χ0n) is 13.4. The zero-order chi connectivity index (χ0) is 16.4. The third-order valence-corrected chi connectivity index (χ3v) is 5.64. The molecule has 3 rings (SSSR count). The number of nitrogens with zero attached hydrogens (tertiary/aromatic N) is 2. The lowest BCUT2D eigenvalue weighted by molar-refractivity contribution is 0.0951. The van der Waals surface area contributed by atoms with Crippen LogP contribution in [0.25, 0.3) is 0 Å². The van der Waals surface area contributed by atoms with E-state index in [1.54, 1.807) is 0 Å². The Morgan fingerprint density at radius 3 is 2.26 bits per heavy atom. The quantitative estimate of drug-likeness (QED) is 0.857. The van der Waals surface area contributed by atoms with Crippen molar-refractivity contribution in [3.63, 3.8) is 0 Å². The summed E-state index contributed by atoms with van der Waals surface area (Å²) in [5.41, 5.74) is 1.84. The fourth-order valence-electron chi connectivity index (χ4n) is 2.74. The van der Waals surface area contributed by atoms with E-state index in [0.29, 0.717) is 24.7 Å². The Hall–Kier alpha value is -1.44. The summed E-state index contributed by atoms with van der Waals surface area (Å²) in [6.07, 6.45) is 3.43. The summed E-state index contributed by atoms with van der Waals surface area (Å²) in [5, 5.41) is 2.98. The molecule has 1 aromatic carbocycles. The highest BCUT2D eigenvalue weighted by molar-refractivity contribution is 7.88. The number of carbonyl (C=O) groups is 1. The SMILES string of the molecule is CS(=O)(=O)N1CCN(Cc2ccc(C(=O)NC3CC3)cc2)CC1. The van der Waals surface area contributed by atoms with Gasteiger partial charge in [0.15, 0.2) is 0 Å². The monoisotopic (exact) mass is 337 g/mol. The van der Waals surface area contributed by atoms with E-state index in [2.05, 4.69) is 10.2 Å². The number of rotatable bonds is 5. The van der Waals surface area contributed by atoms with Crippen molar-refractivity contribution >= 4 is 15.9 Å². The molecule has 0 bridgehead atoms. The summed E-state index contributed by atoms with van der Waals surface area (Å²) in [6, 6.07) is 8.04. The number of nitrogens with one attached hydrogen (secondary N) is 1. The number of amides is 1. The van der Waals surface area contributed by atoms with Crippen molar-refractivity contribution in [2.45, 2.75) is 25.4 Å². The van der Waals surface area contributed by atoms with Crippen LogP contribution in [-0.2, 0) is 16.6 Å². The van der Waals surface area contributed by atoms with E-state index >= 15 is 0 Å². The molecule has 23 heavy (non-hydrogen) atoms. The normalized spacial score (nSPS) is 20.4. The van der Waals surface area contributed by atoms with E-state index < -0.39 is 10.0 Å². The maximum absolute atomic E-state index is 11.9. The van der Waals surface area contributed by atoms with Gasteiger partial charge in [-0.1, -0.05) is 12.1 Å². The first-order valence-electron chi connectivity index (χ1n) is 7.99. The highest BCUT2D eigenvalue weighted by Crippen LogP contribution is 2.19. The van der Waals surface area contributed by atoms with Crippen molar-refractivity contribution in [3.05, 3.63) is 35.4 Å². The first-order valence-corrected chi connectivity index (χ1v) is 9.84. The van der Waals surface area contributed by atoms with E-state index in [1.807, 2.05) is 24.3 Å². The van der Waals surface area contributed by atoms with Crippen molar-refractivity contribution in [3.8, 4) is 0 Å². The molecule has 6 nitrogen and oxygen atoms in total. The van der Waals surface area contributed by atoms with Crippen LogP contribution in [0.3, 0.4) is 0 Å². The number of piperazine rings is 1. The fourth-order valence-corrected chi connectivity index (χ4v) is 3.56. The second kappa shape index (κ2) is 6.59. The molecule has 0 radical (unpaired) electrons. The Bertz CT molecular complexity index is 660. The van der Waals surface area contributed by atoms with Crippen LogP contribution in [0.2, 0.25) is 0 Å². The molecule has 0 spiro atoms. The van der Waals surface area contributed by atoms with Crippen LogP contribution in [0.5, 0.6) is 0 Å². The summed E-state index contributed by atoms with van der Waals surface area (Å²) < 4.78 is 24.5. The summed E-state index contributed by atoms with van der Waals surface area (Å²) in [6.45, 7) is 3.33. The van der Waals surface area contributed by atoms with E-state index in [1.165, 1.54) is 10.6 Å². The van der Waals surface area contributed by atoms with Gasteiger partial charge in [-0.05, 0) is 30.5 Å². The number of sulfonamides is 1. The van der Waals surface area contributed by atoms with Crippen LogP contribution < -0.4 is 5.32 Å². The zero-order valence-corrected chi connectivity index (χ0v) is 14.2. The van der Waals surface area contributed by atoms with Crippen LogP contribution in [0.4, 0.5) is 0 Å². The van der Waals surface area contributed by atoms with Crippen molar-refractivity contribution < 1.29 is 13.2 Å². The molecule has 1 N–H and O–H groups in total. The fraction of sp³-hybridized carbons (Fsp3) is 0.562. The third-order valence-electron chi connectivity index (χ3n) is 4.34. The van der Waals surface area contributed by atoms with Crippen molar-refractivity contribution in [1.29, 1.82) is 0 Å². The first kappa shape index (κ1) is 16.4. The molecule has 1 aliphatic heterocycles. The Morgan fingerprint density at radius 2 is 1.74 bits per heavy atom. The number of hydrogen-bond acceptors (Lipinski definition) is 4. The maximum atomic E-state index is 11.9. The number of benzene rings is 1. The number of hydrogen-bond donors (Lipinski definition) is 1. The molecule has 0 unspecified atom stereocenters. The molecule has 1 amide bonds. The molecule has 7 heteroatoms. The standard InChI is InChI=1S/C16H23N3O3S/c1-23(21,22)19-10-8-18(9-11-19)12-13-2-4-14(5-3-13)16(20)17-15-6-7-15/h2-5,15H,6-12H2,1H3,(H,17,20). The Kier molecular flexibility index (Phi) is 4.70. The average molecular weight is 337 g/mol. The van der Waals surface area contributed by atoms with Crippen LogP contribution in [0, 0.1) is 0 Å². The van der Waals surface area contributed by atoms with Crippen molar-refractivity contribution in [2.24, 2.45) is 0 Å². The lowest BCUT2D eigenvalue weighted by Crippen LogP contribution is -2.47. The van der Waals surface area contributed by atoms with Gasteiger partial charge < -0.3 is 5.32 Å². The lowest BCUT2D eigenvalue weighted by atomic mass is 10.1. The third kappa shape index (κ3) is 4.53. The Labute approximate surface area is 137 Å². The molecule has 1 aliphatic carbocycles. The minimum atomic E-state index is -3.08. The molecular formula is C16H23N3O3S. The van der Waals surface area contributed by atoms with Crippen LogP contribution >= 0.6 is 0 Å². The molecule has 1 saturated carbocycles. The van der Waals surface area contributed by atoms with E-state index in [-0.39, 0.29) is 5.91 Å². The lowest BCUT2D eigenvalue weighted by Gasteiger charge is -2.33. The van der Waals surface area contributed by atoms with Gasteiger partial charge in [0.1, 0.15) is 0 Å². The number of carbonyl (C=O) groups excluding carboxylic acids is 1. The topological polar surface area (TPSA) is 69.7 Å². The maximum Gasteiger partial charge on any atom is 0.251 e. The van der Waals surface area contributed by atoms with Gasteiger partial charge in [0.2, 0.25) is 10.0 Å². The minimum absolute atomic E-state index is 0.000756. The van der Waals surface area contributed by atoms with Crippen LogP contribution in [0.1, 0.15) is 28.8 Å². The largest absolute Gasteiger partial charge is 0.349 e. The molecule has 2 fully saturated rings. The highest BCUT2D eigenvalue weighted by Gasteiger charge is 2.24. The summed E-state index contributed by atoms with van der Waals surface area (Å²) in [4.78, 5) is 14.2. The predicted octanol–water partition coefficient (Wildman–Crippen LogP) is 0.656. The van der Waals surface area contributed by atoms with E-state index in [0.717, 1.165) is 38.0 Å². The van der Waals surface area contributed by atoms with Gasteiger partial charge in [-0.3, -0.25) is 9.69 Å². The molecule has 126 valence electrons. The highest BCUT2D eigenvalue weighted by atomic mass is 32.2. The first-order chi connectivity index (χ1) is 10.9. The summed E-state index contributed by atoms with van der Waals surface area (Å²) >= 11 is 0. The second-order valence-electron chi connectivity index (χ2n) is 6.38. The average Bonchev–Trinajstić information content (AvgIpc) is 3.31. The Balaban J connectivity index is 1.51. The van der Waals surface area contributed by atoms with Gasteiger partial charge in [-0.2, -0.15) is 4.31 Å². The van der Waals surface area contributed by atoms with Gasteiger partial charge in [-0.25, -0.2) is 8.42 Å². The van der Waals surface area contributed by atoms with Gasteiger partial charge in [0, 0.05) is 44.3 Å². The van der Waals surface area contributed by atoms with Gasteiger partial charge in [-0.15, -0.1) is 0 Å². The van der Waals surface area contributed by atoms with E-state index in [4.69, 9.17) is 0 Å². The van der Waals surface area contributed by atoms with Crippen LogP contribution in [-0.4, -0.2) is 62.0 Å². The predicted molar refractivity (Wildman–Crippen MR) is 88.6 cm³/mol. The van der Waals surface area contributed by atoms with Crippen molar-refractivity contribution in [1.82, 2.24) is 14.5 Å². The Morgan fingerprint density at radius 1 is 1.13 bits per heavy atom. The van der Waals surface area contributed by atoms with E-state index in [9.17, 15) is 13.2 Å². The molecule has 0 atom stereocenters. The second-order valence-corrected chi connectivity index (χ2v) is 8.37. The minimum Gasteiger partial charge on any atom is -0.349 e. The van der Waals surface area contributed by atoms with Gasteiger partial charge >= 0.3 is 0 Å². The summed E-state index contributed by atoms with van der Waals surface area (Å²) in [5.74, 6) is 0.000756.